The first-order chi connectivity index (χ1) is 9.60. The van der Waals surface area contributed by atoms with Gasteiger partial charge in [-0.1, -0.05) is 0 Å². The van der Waals surface area contributed by atoms with Crippen molar-refractivity contribution in [2.75, 3.05) is 19.7 Å². The Labute approximate surface area is 118 Å². The van der Waals surface area contributed by atoms with E-state index in [1.165, 1.54) is 12.1 Å². The molecule has 0 bridgehead atoms. The highest BCUT2D eigenvalue weighted by Gasteiger charge is 2.31. The van der Waals surface area contributed by atoms with E-state index in [9.17, 15) is 9.18 Å². The van der Waals surface area contributed by atoms with Gasteiger partial charge < -0.3 is 15.4 Å². The number of halogens is 1. The van der Waals surface area contributed by atoms with Gasteiger partial charge in [-0.2, -0.15) is 0 Å². The van der Waals surface area contributed by atoms with Crippen LogP contribution in [0.4, 0.5) is 4.39 Å². The molecule has 0 saturated carbocycles. The van der Waals surface area contributed by atoms with E-state index in [0.717, 1.165) is 13.0 Å². The molecule has 1 aromatic rings. The van der Waals surface area contributed by atoms with Crippen LogP contribution in [0.2, 0.25) is 0 Å². The third-order valence-electron chi connectivity index (χ3n) is 3.71. The van der Waals surface area contributed by atoms with Crippen molar-refractivity contribution >= 4 is 5.91 Å². The predicted molar refractivity (Wildman–Crippen MR) is 74.8 cm³/mol. The Morgan fingerprint density at radius 3 is 2.75 bits per heavy atom. The monoisotopic (exact) mass is 280 g/mol. The van der Waals surface area contributed by atoms with E-state index in [1.807, 2.05) is 11.8 Å². The fourth-order valence-corrected chi connectivity index (χ4v) is 2.59. The first kappa shape index (κ1) is 14.8. The van der Waals surface area contributed by atoms with Crippen LogP contribution in [0.3, 0.4) is 0 Å². The minimum atomic E-state index is -0.299. The zero-order chi connectivity index (χ0) is 14.5. The van der Waals surface area contributed by atoms with Gasteiger partial charge in [-0.05, 0) is 50.1 Å². The molecule has 1 aliphatic heterocycles. The summed E-state index contributed by atoms with van der Waals surface area (Å²) in [5.74, 6) is 0.781. The number of benzene rings is 1. The minimum absolute atomic E-state index is 0.0931. The molecule has 4 nitrogen and oxygen atoms in total. The van der Waals surface area contributed by atoms with E-state index in [1.54, 1.807) is 12.1 Å². The average Bonchev–Trinajstić information content (AvgIpc) is 2.82. The first-order valence-electron chi connectivity index (χ1n) is 6.98. The maximum atomic E-state index is 12.7. The molecule has 110 valence electrons. The molecular formula is C15H21FN2O2. The molecule has 20 heavy (non-hydrogen) atoms. The van der Waals surface area contributed by atoms with E-state index in [-0.39, 0.29) is 17.8 Å². The maximum Gasteiger partial charge on any atom is 0.226 e. The van der Waals surface area contributed by atoms with Gasteiger partial charge in [0.25, 0.3) is 0 Å². The average molecular weight is 280 g/mol. The van der Waals surface area contributed by atoms with Gasteiger partial charge in [0.2, 0.25) is 5.91 Å². The van der Waals surface area contributed by atoms with Gasteiger partial charge in [-0.15, -0.1) is 0 Å². The second-order valence-corrected chi connectivity index (χ2v) is 5.28. The number of amides is 1. The summed E-state index contributed by atoms with van der Waals surface area (Å²) >= 11 is 0. The predicted octanol–water partition coefficient (Wildman–Crippen LogP) is 1.79. The third-order valence-corrected chi connectivity index (χ3v) is 3.71. The molecule has 1 amide bonds. The molecule has 1 fully saturated rings. The highest BCUT2D eigenvalue weighted by molar-refractivity contribution is 5.77. The lowest BCUT2D eigenvalue weighted by Crippen LogP contribution is -2.35. The number of carbonyl (C=O) groups is 1. The Morgan fingerprint density at radius 2 is 2.15 bits per heavy atom. The van der Waals surface area contributed by atoms with Crippen LogP contribution in [0.1, 0.15) is 19.8 Å². The lowest BCUT2D eigenvalue weighted by atomic mass is 10.1. The number of likely N-dealkylation sites (tertiary alicyclic amines) is 1. The van der Waals surface area contributed by atoms with Crippen molar-refractivity contribution in [2.45, 2.75) is 25.8 Å². The van der Waals surface area contributed by atoms with Gasteiger partial charge in [0.05, 0.1) is 13.0 Å². The standard InChI is InChI=1S/C15H21FN2O2/c1-11-8-12(9-17)10-18(11)15(19)6-7-20-14-4-2-13(16)3-5-14/h2-5,11-12H,6-10,17H2,1H3. The zero-order valence-corrected chi connectivity index (χ0v) is 11.7. The largest absolute Gasteiger partial charge is 0.493 e. The molecule has 0 radical (unpaired) electrons. The summed E-state index contributed by atoms with van der Waals surface area (Å²) in [5, 5.41) is 0. The number of hydrogen-bond donors (Lipinski definition) is 1. The van der Waals surface area contributed by atoms with Gasteiger partial charge in [-0.3, -0.25) is 4.79 Å². The topological polar surface area (TPSA) is 55.6 Å². The van der Waals surface area contributed by atoms with Gasteiger partial charge in [0.1, 0.15) is 11.6 Å². The van der Waals surface area contributed by atoms with Crippen LogP contribution < -0.4 is 10.5 Å². The van der Waals surface area contributed by atoms with Crippen molar-refractivity contribution in [3.05, 3.63) is 30.1 Å². The quantitative estimate of drug-likeness (QED) is 0.894. The SMILES string of the molecule is CC1CC(CN)CN1C(=O)CCOc1ccc(F)cc1. The van der Waals surface area contributed by atoms with E-state index in [0.29, 0.717) is 31.2 Å². The van der Waals surface area contributed by atoms with Crippen molar-refractivity contribution in [3.63, 3.8) is 0 Å². The Bertz CT molecular complexity index is 450. The zero-order valence-electron chi connectivity index (χ0n) is 11.7. The number of nitrogens with two attached hydrogens (primary N) is 1. The van der Waals surface area contributed by atoms with Crippen LogP contribution in [0, 0.1) is 11.7 Å². The summed E-state index contributed by atoms with van der Waals surface area (Å²) in [6.07, 6.45) is 1.31. The van der Waals surface area contributed by atoms with Crippen LogP contribution >= 0.6 is 0 Å². The molecular weight excluding hydrogens is 259 g/mol. The Balaban J connectivity index is 1.76. The second-order valence-electron chi connectivity index (χ2n) is 5.28. The van der Waals surface area contributed by atoms with Crippen molar-refractivity contribution in [2.24, 2.45) is 11.7 Å². The number of carbonyl (C=O) groups excluding carboxylic acids is 1. The molecule has 1 saturated heterocycles. The van der Waals surface area contributed by atoms with Crippen molar-refractivity contribution in [1.82, 2.24) is 4.90 Å². The molecule has 2 atom stereocenters. The molecule has 2 N–H and O–H groups in total. The molecule has 5 heteroatoms. The Hall–Kier alpha value is -1.62. The first-order valence-corrected chi connectivity index (χ1v) is 6.98. The summed E-state index contributed by atoms with van der Waals surface area (Å²) in [6.45, 7) is 3.72. The number of hydrogen-bond acceptors (Lipinski definition) is 3. The normalized spacial score (nSPS) is 22.1. The highest BCUT2D eigenvalue weighted by atomic mass is 19.1. The molecule has 0 spiro atoms. The van der Waals surface area contributed by atoms with E-state index in [2.05, 4.69) is 0 Å². The second kappa shape index (κ2) is 6.70. The molecule has 1 heterocycles. The number of nitrogens with zero attached hydrogens (tertiary/aromatic N) is 1. The van der Waals surface area contributed by atoms with E-state index < -0.39 is 0 Å². The van der Waals surface area contributed by atoms with Crippen LogP contribution in [0.5, 0.6) is 5.75 Å². The lowest BCUT2D eigenvalue weighted by Gasteiger charge is -2.21. The lowest BCUT2D eigenvalue weighted by molar-refractivity contribution is -0.132. The summed E-state index contributed by atoms with van der Waals surface area (Å²) < 4.78 is 18.2. The Morgan fingerprint density at radius 1 is 1.45 bits per heavy atom. The van der Waals surface area contributed by atoms with Crippen LogP contribution in [-0.2, 0) is 4.79 Å². The van der Waals surface area contributed by atoms with Crippen LogP contribution in [-0.4, -0.2) is 36.5 Å². The minimum Gasteiger partial charge on any atom is -0.493 e. The van der Waals surface area contributed by atoms with Gasteiger partial charge >= 0.3 is 0 Å². The fourth-order valence-electron chi connectivity index (χ4n) is 2.59. The molecule has 1 aromatic carbocycles. The fraction of sp³-hybridized carbons (Fsp3) is 0.533. The van der Waals surface area contributed by atoms with E-state index in [4.69, 9.17) is 10.5 Å². The van der Waals surface area contributed by atoms with Gasteiger partial charge in [0, 0.05) is 12.6 Å². The van der Waals surface area contributed by atoms with E-state index >= 15 is 0 Å². The molecule has 1 aliphatic rings. The maximum absolute atomic E-state index is 12.7. The number of rotatable bonds is 5. The van der Waals surface area contributed by atoms with Crippen molar-refractivity contribution < 1.29 is 13.9 Å². The summed E-state index contributed by atoms with van der Waals surface area (Å²) in [7, 11) is 0. The summed E-state index contributed by atoms with van der Waals surface area (Å²) in [4.78, 5) is 14.0. The van der Waals surface area contributed by atoms with Crippen molar-refractivity contribution in [3.8, 4) is 5.75 Å². The Kier molecular flexibility index (Phi) is 4.95. The van der Waals surface area contributed by atoms with Gasteiger partial charge in [0.15, 0.2) is 0 Å². The van der Waals surface area contributed by atoms with Gasteiger partial charge in [-0.25, -0.2) is 4.39 Å². The van der Waals surface area contributed by atoms with Crippen molar-refractivity contribution in [1.29, 1.82) is 0 Å². The third kappa shape index (κ3) is 3.70. The highest BCUT2D eigenvalue weighted by Crippen LogP contribution is 2.22. The molecule has 2 rings (SSSR count). The van der Waals surface area contributed by atoms with Crippen LogP contribution in [0.25, 0.3) is 0 Å². The summed E-state index contributed by atoms with van der Waals surface area (Å²) in [6, 6.07) is 6.05. The molecule has 0 aliphatic carbocycles. The van der Waals surface area contributed by atoms with Crippen LogP contribution in [0.15, 0.2) is 24.3 Å². The number of ether oxygens (including phenoxy) is 1. The molecule has 2 unspecified atom stereocenters. The molecule has 0 aromatic heterocycles. The smallest absolute Gasteiger partial charge is 0.226 e. The summed E-state index contributed by atoms with van der Waals surface area (Å²) in [5.41, 5.74) is 5.65.